The van der Waals surface area contributed by atoms with Crippen molar-refractivity contribution >= 4 is 23.0 Å². The predicted molar refractivity (Wildman–Crippen MR) is 139 cm³/mol. The van der Waals surface area contributed by atoms with Crippen molar-refractivity contribution in [2.24, 2.45) is 0 Å². The number of aryl methyl sites for hydroxylation is 3. The van der Waals surface area contributed by atoms with Crippen molar-refractivity contribution in [3.8, 4) is 5.69 Å². The molecule has 2 aromatic heterocycles. The maximum absolute atomic E-state index is 5.89. The molecule has 5 heteroatoms. The summed E-state index contributed by atoms with van der Waals surface area (Å²) in [7, 11) is 0. The van der Waals surface area contributed by atoms with E-state index in [0.717, 1.165) is 16.5 Å². The monoisotopic (exact) mass is 452 g/mol. The zero-order valence-electron chi connectivity index (χ0n) is 19.4. The smallest absolute Gasteiger partial charge is 0.174 e. The van der Waals surface area contributed by atoms with Gasteiger partial charge in [-0.1, -0.05) is 42.0 Å². The van der Waals surface area contributed by atoms with Crippen LogP contribution in [0.3, 0.4) is 0 Å². The average Bonchev–Trinajstić information content (AvgIpc) is 3.31. The van der Waals surface area contributed by atoms with Crippen LogP contribution in [0.25, 0.3) is 5.69 Å². The van der Waals surface area contributed by atoms with Crippen LogP contribution in [0.2, 0.25) is 0 Å². The first kappa shape index (κ1) is 21.4. The third-order valence-corrected chi connectivity index (χ3v) is 6.87. The molecule has 0 bridgehead atoms. The highest BCUT2D eigenvalue weighted by Crippen LogP contribution is 2.43. The summed E-state index contributed by atoms with van der Waals surface area (Å²) < 4.78 is 2.36. The molecule has 1 N–H and O–H groups in total. The number of nitrogens with one attached hydrogen (secondary N) is 1. The van der Waals surface area contributed by atoms with E-state index in [2.05, 4.69) is 108 Å². The van der Waals surface area contributed by atoms with E-state index in [1.165, 1.54) is 33.8 Å². The third-order valence-electron chi connectivity index (χ3n) is 6.56. The van der Waals surface area contributed by atoms with Crippen LogP contribution in [0.4, 0.5) is 5.69 Å². The number of hydrogen-bond donors (Lipinski definition) is 1. The van der Waals surface area contributed by atoms with Crippen LogP contribution in [0.5, 0.6) is 0 Å². The number of para-hydroxylation sites is 1. The zero-order chi connectivity index (χ0) is 23.1. The van der Waals surface area contributed by atoms with E-state index in [1.54, 1.807) is 0 Å². The van der Waals surface area contributed by atoms with Crippen LogP contribution in [-0.4, -0.2) is 14.7 Å². The van der Waals surface area contributed by atoms with E-state index < -0.39 is 0 Å². The fraction of sp³-hybridized carbons (Fsp3) is 0.214. The molecule has 0 saturated carbocycles. The Labute approximate surface area is 200 Å². The van der Waals surface area contributed by atoms with Crippen molar-refractivity contribution in [3.05, 3.63) is 113 Å². The molecule has 166 valence electrons. The molecular formula is C28H28N4S. The molecule has 1 fully saturated rings. The Bertz CT molecular complexity index is 1310. The van der Waals surface area contributed by atoms with Crippen molar-refractivity contribution in [3.63, 3.8) is 0 Å². The first-order chi connectivity index (χ1) is 16.0. The molecule has 4 nitrogen and oxygen atoms in total. The molecule has 33 heavy (non-hydrogen) atoms. The summed E-state index contributed by atoms with van der Waals surface area (Å²) in [6.07, 6.45) is 1.85. The lowest BCUT2D eigenvalue weighted by Gasteiger charge is -2.28. The number of nitrogens with zero attached hydrogens (tertiary/aromatic N) is 3. The van der Waals surface area contributed by atoms with Gasteiger partial charge in [-0.15, -0.1) is 0 Å². The van der Waals surface area contributed by atoms with Crippen molar-refractivity contribution in [2.75, 3.05) is 4.90 Å². The Morgan fingerprint density at radius 3 is 2.30 bits per heavy atom. The number of anilines is 1. The number of rotatable bonds is 4. The van der Waals surface area contributed by atoms with Gasteiger partial charge in [0.2, 0.25) is 0 Å². The van der Waals surface area contributed by atoms with E-state index in [1.807, 2.05) is 18.3 Å². The summed E-state index contributed by atoms with van der Waals surface area (Å²) in [4.78, 5) is 6.94. The van der Waals surface area contributed by atoms with Gasteiger partial charge in [0.15, 0.2) is 5.11 Å². The molecular weight excluding hydrogens is 424 g/mol. The molecule has 1 aliphatic heterocycles. The minimum absolute atomic E-state index is 0.0147. The minimum atomic E-state index is -0.0502. The molecule has 0 spiro atoms. The van der Waals surface area contributed by atoms with Crippen molar-refractivity contribution in [2.45, 2.75) is 39.8 Å². The second kappa shape index (κ2) is 8.49. The van der Waals surface area contributed by atoms with Crippen LogP contribution >= 0.6 is 12.2 Å². The van der Waals surface area contributed by atoms with Crippen LogP contribution in [-0.2, 0) is 0 Å². The standard InChI is InChI=1S/C28H28N4S/c1-18-12-14-22(15-13-18)32-27(26(30-28(32)33)24-10-7-8-16-29-24)23-17-20(3)31(21(23)4)25-11-6-5-9-19(25)2/h5-17,26-27H,1-4H3,(H,30,33)/t26-,27-/m0/s1. The number of benzene rings is 2. The second-order valence-corrected chi connectivity index (χ2v) is 9.17. The van der Waals surface area contributed by atoms with Crippen LogP contribution in [0.1, 0.15) is 45.9 Å². The fourth-order valence-electron chi connectivity index (χ4n) is 4.93. The van der Waals surface area contributed by atoms with E-state index in [0.29, 0.717) is 0 Å². The van der Waals surface area contributed by atoms with E-state index in [4.69, 9.17) is 12.2 Å². The normalized spacial score (nSPS) is 17.9. The van der Waals surface area contributed by atoms with E-state index >= 15 is 0 Å². The average molecular weight is 453 g/mol. The molecule has 0 radical (unpaired) electrons. The summed E-state index contributed by atoms with van der Waals surface area (Å²) in [5.74, 6) is 0. The molecule has 2 atom stereocenters. The number of aromatic nitrogens is 2. The van der Waals surface area contributed by atoms with Crippen LogP contribution in [0.15, 0.2) is 79.0 Å². The summed E-state index contributed by atoms with van der Waals surface area (Å²) in [5, 5.41) is 4.30. The predicted octanol–water partition coefficient (Wildman–Crippen LogP) is 6.28. The molecule has 0 amide bonds. The highest BCUT2D eigenvalue weighted by atomic mass is 32.1. The lowest BCUT2D eigenvalue weighted by molar-refractivity contribution is 0.565. The Morgan fingerprint density at radius 1 is 0.879 bits per heavy atom. The van der Waals surface area contributed by atoms with Gasteiger partial charge in [0, 0.05) is 29.0 Å². The van der Waals surface area contributed by atoms with Gasteiger partial charge in [-0.3, -0.25) is 4.98 Å². The summed E-state index contributed by atoms with van der Waals surface area (Å²) >= 11 is 5.89. The summed E-state index contributed by atoms with van der Waals surface area (Å²) in [6, 6.07) is 25.4. The summed E-state index contributed by atoms with van der Waals surface area (Å²) in [5.41, 5.74) is 9.44. The molecule has 3 heterocycles. The molecule has 0 unspecified atom stereocenters. The summed E-state index contributed by atoms with van der Waals surface area (Å²) in [6.45, 7) is 8.65. The van der Waals surface area contributed by atoms with Gasteiger partial charge < -0.3 is 14.8 Å². The largest absolute Gasteiger partial charge is 0.351 e. The SMILES string of the molecule is Cc1ccc(N2C(=S)N[C@@H](c3ccccn3)[C@@H]2c2cc(C)n(-c3ccccc3C)c2C)cc1. The van der Waals surface area contributed by atoms with Crippen LogP contribution in [0, 0.1) is 27.7 Å². The van der Waals surface area contributed by atoms with Gasteiger partial charge in [0.05, 0.1) is 17.8 Å². The molecule has 1 saturated heterocycles. The number of thiocarbonyl (C=S) groups is 1. The van der Waals surface area contributed by atoms with E-state index in [9.17, 15) is 0 Å². The number of hydrogen-bond acceptors (Lipinski definition) is 2. The Balaban J connectivity index is 1.69. The molecule has 0 aliphatic carbocycles. The first-order valence-corrected chi connectivity index (χ1v) is 11.7. The Morgan fingerprint density at radius 2 is 1.61 bits per heavy atom. The van der Waals surface area contributed by atoms with Gasteiger partial charge in [0.25, 0.3) is 0 Å². The van der Waals surface area contributed by atoms with Gasteiger partial charge in [0.1, 0.15) is 0 Å². The third kappa shape index (κ3) is 3.72. The van der Waals surface area contributed by atoms with Crippen molar-refractivity contribution in [1.29, 1.82) is 0 Å². The lowest BCUT2D eigenvalue weighted by atomic mass is 9.96. The maximum Gasteiger partial charge on any atom is 0.174 e. The minimum Gasteiger partial charge on any atom is -0.351 e. The Hall–Kier alpha value is -3.44. The van der Waals surface area contributed by atoms with Crippen molar-refractivity contribution in [1.82, 2.24) is 14.9 Å². The van der Waals surface area contributed by atoms with Crippen LogP contribution < -0.4 is 10.2 Å². The maximum atomic E-state index is 5.89. The Kier molecular flexibility index (Phi) is 5.51. The molecule has 2 aromatic carbocycles. The number of pyridine rings is 1. The first-order valence-electron chi connectivity index (χ1n) is 11.3. The topological polar surface area (TPSA) is 33.1 Å². The van der Waals surface area contributed by atoms with E-state index in [-0.39, 0.29) is 12.1 Å². The highest BCUT2D eigenvalue weighted by Gasteiger charge is 2.42. The molecule has 1 aliphatic rings. The van der Waals surface area contributed by atoms with Crippen molar-refractivity contribution < 1.29 is 0 Å². The molecule has 5 rings (SSSR count). The van der Waals surface area contributed by atoms with Gasteiger partial charge in [-0.05, 0) is 87.4 Å². The quantitative estimate of drug-likeness (QED) is 0.369. The fourth-order valence-corrected chi connectivity index (χ4v) is 5.27. The second-order valence-electron chi connectivity index (χ2n) is 8.78. The zero-order valence-corrected chi connectivity index (χ0v) is 20.2. The highest BCUT2D eigenvalue weighted by molar-refractivity contribution is 7.80. The van der Waals surface area contributed by atoms with Gasteiger partial charge >= 0.3 is 0 Å². The van der Waals surface area contributed by atoms with Gasteiger partial charge in [-0.25, -0.2) is 0 Å². The van der Waals surface area contributed by atoms with Gasteiger partial charge in [-0.2, -0.15) is 0 Å². The lowest BCUT2D eigenvalue weighted by Crippen LogP contribution is -2.29. The molecule has 4 aromatic rings.